The molecule has 4 saturated carbocycles. The van der Waals surface area contributed by atoms with E-state index >= 15 is 0 Å². The molecule has 1 heterocycles. The van der Waals surface area contributed by atoms with E-state index in [4.69, 9.17) is 9.84 Å². The molecule has 4 aliphatic carbocycles. The van der Waals surface area contributed by atoms with Crippen LogP contribution in [0.4, 0.5) is 0 Å². The average molecular weight is 542 g/mol. The zero-order chi connectivity index (χ0) is 28.4. The molecule has 220 valence electrons. The lowest BCUT2D eigenvalue weighted by Crippen LogP contribution is -2.66. The number of carboxylic acids is 1. The van der Waals surface area contributed by atoms with Crippen molar-refractivity contribution < 1.29 is 19.4 Å². The maximum absolute atomic E-state index is 12.5. The van der Waals surface area contributed by atoms with Crippen molar-refractivity contribution in [3.8, 4) is 0 Å². The summed E-state index contributed by atoms with van der Waals surface area (Å²) in [6, 6.07) is 0. The summed E-state index contributed by atoms with van der Waals surface area (Å²) in [4.78, 5) is 23.5. The van der Waals surface area contributed by atoms with Gasteiger partial charge in [-0.1, -0.05) is 32.9 Å². The summed E-state index contributed by atoms with van der Waals surface area (Å²) in [5.74, 6) is 1.76. The molecule has 0 bridgehead atoms. The van der Waals surface area contributed by atoms with Crippen LogP contribution in [-0.4, -0.2) is 35.7 Å². The van der Waals surface area contributed by atoms with E-state index in [0.29, 0.717) is 41.1 Å². The molecule has 1 saturated heterocycles. The largest absolute Gasteiger partial charge is 0.481 e. The van der Waals surface area contributed by atoms with Gasteiger partial charge >= 0.3 is 11.9 Å². The van der Waals surface area contributed by atoms with Crippen LogP contribution in [0.1, 0.15) is 119 Å². The topological polar surface area (TPSA) is 75.6 Å². The Hall–Kier alpha value is -1.36. The van der Waals surface area contributed by atoms with Crippen molar-refractivity contribution in [3.63, 3.8) is 0 Å². The van der Waals surface area contributed by atoms with E-state index in [-0.39, 0.29) is 35.2 Å². The van der Waals surface area contributed by atoms with Crippen LogP contribution in [0.3, 0.4) is 0 Å². The highest BCUT2D eigenvalue weighted by Gasteiger charge is 2.70. The molecule has 0 unspecified atom stereocenters. The van der Waals surface area contributed by atoms with Gasteiger partial charge in [0.25, 0.3) is 0 Å². The Kier molecular flexibility index (Phi) is 7.38. The van der Waals surface area contributed by atoms with E-state index in [1.54, 1.807) is 0 Å². The van der Waals surface area contributed by atoms with Crippen molar-refractivity contribution in [3.05, 3.63) is 12.2 Å². The third-order valence-corrected chi connectivity index (χ3v) is 13.9. The maximum Gasteiger partial charge on any atom is 0.306 e. The lowest BCUT2D eigenvalue weighted by Gasteiger charge is -2.71. The van der Waals surface area contributed by atoms with Crippen molar-refractivity contribution in [2.75, 3.05) is 13.2 Å². The minimum absolute atomic E-state index is 0.00517. The minimum Gasteiger partial charge on any atom is -0.481 e. The standard InChI is InChI=1S/C34H55NO4/c1-22(2)23-13-17-34(21-39-28(38)12-11-27(36)37)19-18-32(6)24(29(23)34)9-10-26-31(5)15-8-20-35-30(3,4)25(31)14-16-33(26,32)7/h23-26,29,35H,1,8-21H2,2-7H3,(H,36,37)/t23-,24+,25-,26+,29+,31-,32+,33+,34+/m0/s1. The Balaban J connectivity index is 1.46. The molecule has 5 aliphatic rings. The molecular weight excluding hydrogens is 486 g/mol. The summed E-state index contributed by atoms with van der Waals surface area (Å²) in [5.41, 5.74) is 2.44. The first-order valence-corrected chi connectivity index (χ1v) is 16.0. The van der Waals surface area contributed by atoms with Gasteiger partial charge in [-0.05, 0) is 137 Å². The van der Waals surface area contributed by atoms with Crippen molar-refractivity contribution in [2.45, 2.75) is 124 Å². The summed E-state index contributed by atoms with van der Waals surface area (Å²) >= 11 is 0. The normalized spacial score (nSPS) is 46.6. The lowest BCUT2D eigenvalue weighted by atomic mass is 9.33. The number of fused-ring (bicyclic) bond motifs is 7. The Morgan fingerprint density at radius 2 is 1.64 bits per heavy atom. The number of allylic oxidation sites excluding steroid dienone is 1. The van der Waals surface area contributed by atoms with Gasteiger partial charge in [-0.15, -0.1) is 0 Å². The fourth-order valence-electron chi connectivity index (χ4n) is 11.9. The number of hydrogen-bond acceptors (Lipinski definition) is 4. The lowest BCUT2D eigenvalue weighted by molar-refractivity contribution is -0.228. The van der Waals surface area contributed by atoms with E-state index in [9.17, 15) is 9.59 Å². The highest BCUT2D eigenvalue weighted by molar-refractivity contribution is 5.76. The maximum atomic E-state index is 12.5. The van der Waals surface area contributed by atoms with Gasteiger partial charge in [0.2, 0.25) is 0 Å². The first kappa shape index (κ1) is 29.1. The molecule has 5 fully saturated rings. The van der Waals surface area contributed by atoms with Crippen molar-refractivity contribution in [1.82, 2.24) is 5.32 Å². The van der Waals surface area contributed by atoms with Crippen LogP contribution < -0.4 is 5.32 Å². The average Bonchev–Trinajstić information content (AvgIpc) is 3.19. The van der Waals surface area contributed by atoms with Gasteiger partial charge in [-0.25, -0.2) is 0 Å². The molecule has 0 amide bonds. The molecule has 1 aliphatic heterocycles. The number of carboxylic acid groups (broad SMARTS) is 1. The van der Waals surface area contributed by atoms with Gasteiger partial charge in [0.05, 0.1) is 19.4 Å². The molecule has 9 atom stereocenters. The van der Waals surface area contributed by atoms with Crippen LogP contribution in [0.2, 0.25) is 0 Å². The third-order valence-electron chi connectivity index (χ3n) is 13.9. The Morgan fingerprint density at radius 3 is 2.33 bits per heavy atom. The smallest absolute Gasteiger partial charge is 0.306 e. The van der Waals surface area contributed by atoms with Crippen molar-refractivity contribution in [2.24, 2.45) is 51.2 Å². The molecule has 39 heavy (non-hydrogen) atoms. The summed E-state index contributed by atoms with van der Waals surface area (Å²) in [6.45, 7) is 21.2. The van der Waals surface area contributed by atoms with Gasteiger partial charge in [-0.2, -0.15) is 0 Å². The molecule has 5 heteroatoms. The number of esters is 1. The molecule has 5 nitrogen and oxygen atoms in total. The fourth-order valence-corrected chi connectivity index (χ4v) is 11.9. The molecule has 0 aromatic carbocycles. The molecule has 0 aromatic heterocycles. The summed E-state index contributed by atoms with van der Waals surface area (Å²) in [6.07, 6.45) is 12.2. The highest BCUT2D eigenvalue weighted by Crippen LogP contribution is 2.76. The number of hydrogen-bond donors (Lipinski definition) is 2. The quantitative estimate of drug-likeness (QED) is 0.271. The number of carbonyl (C=O) groups is 2. The van der Waals surface area contributed by atoms with Crippen LogP contribution in [0.25, 0.3) is 0 Å². The second-order valence-electron chi connectivity index (χ2n) is 15.9. The predicted molar refractivity (Wildman–Crippen MR) is 155 cm³/mol. The van der Waals surface area contributed by atoms with E-state index in [1.807, 2.05) is 0 Å². The van der Waals surface area contributed by atoms with Gasteiger partial charge < -0.3 is 15.2 Å². The van der Waals surface area contributed by atoms with Gasteiger partial charge in [0.1, 0.15) is 0 Å². The van der Waals surface area contributed by atoms with Gasteiger partial charge in [0.15, 0.2) is 0 Å². The highest BCUT2D eigenvalue weighted by atomic mass is 16.5. The monoisotopic (exact) mass is 541 g/mol. The first-order chi connectivity index (χ1) is 18.2. The molecule has 0 aromatic rings. The van der Waals surface area contributed by atoms with E-state index in [2.05, 4.69) is 53.4 Å². The number of ether oxygens (including phenoxy) is 1. The summed E-state index contributed by atoms with van der Waals surface area (Å²) in [5, 5.41) is 12.9. The van der Waals surface area contributed by atoms with Gasteiger partial charge in [0, 0.05) is 11.0 Å². The van der Waals surface area contributed by atoms with Crippen LogP contribution in [0.15, 0.2) is 12.2 Å². The third kappa shape index (κ3) is 4.43. The SMILES string of the molecule is C=C(C)[C@@H]1CC[C@]2(COC(=O)CCC(=O)O)CC[C@]3(C)[C@H](CC[C@@H]4[C@@]5(C)CCCNC(C)(C)[C@@H]5CC[C@]43C)[C@@H]12. The van der Waals surface area contributed by atoms with Crippen LogP contribution in [0.5, 0.6) is 0 Å². The number of nitrogens with one attached hydrogen (secondary N) is 1. The predicted octanol–water partition coefficient (Wildman–Crippen LogP) is 7.39. The van der Waals surface area contributed by atoms with Crippen LogP contribution >= 0.6 is 0 Å². The first-order valence-electron chi connectivity index (χ1n) is 16.0. The van der Waals surface area contributed by atoms with Crippen molar-refractivity contribution in [1.29, 1.82) is 0 Å². The number of aliphatic carboxylic acids is 1. The van der Waals surface area contributed by atoms with Crippen LogP contribution in [-0.2, 0) is 14.3 Å². The van der Waals surface area contributed by atoms with E-state index in [0.717, 1.165) is 31.7 Å². The molecular formula is C34H55NO4. The fraction of sp³-hybridized carbons (Fsp3) is 0.882. The second-order valence-corrected chi connectivity index (χ2v) is 15.9. The van der Waals surface area contributed by atoms with Crippen molar-refractivity contribution >= 4 is 11.9 Å². The van der Waals surface area contributed by atoms with Crippen LogP contribution in [0, 0.1) is 51.2 Å². The second kappa shape index (κ2) is 9.88. The minimum atomic E-state index is -0.944. The molecule has 2 N–H and O–H groups in total. The molecule has 0 radical (unpaired) electrons. The zero-order valence-electron chi connectivity index (χ0n) is 25.7. The number of carbonyl (C=O) groups excluding carboxylic acids is 1. The molecule has 5 rings (SSSR count). The summed E-state index contributed by atoms with van der Waals surface area (Å²) in [7, 11) is 0. The van der Waals surface area contributed by atoms with Gasteiger partial charge in [-0.3, -0.25) is 9.59 Å². The summed E-state index contributed by atoms with van der Waals surface area (Å²) < 4.78 is 5.89. The Morgan fingerprint density at radius 1 is 0.897 bits per heavy atom. The van der Waals surface area contributed by atoms with E-state index in [1.165, 1.54) is 50.5 Å². The molecule has 0 spiro atoms. The number of rotatable bonds is 6. The van der Waals surface area contributed by atoms with E-state index < -0.39 is 5.97 Å². The Labute approximate surface area is 237 Å². The Bertz CT molecular complexity index is 1010. The zero-order valence-corrected chi connectivity index (χ0v) is 25.7.